The molecule has 3 aromatic heterocycles. The number of halogens is 4. The zero-order valence-corrected chi connectivity index (χ0v) is 52.8. The van der Waals surface area contributed by atoms with E-state index in [-0.39, 0.29) is 24.4 Å². The molecule has 0 bridgehead atoms. The van der Waals surface area contributed by atoms with Gasteiger partial charge in [0.15, 0.2) is 0 Å². The largest absolute Gasteiger partial charge is 0.489 e. The van der Waals surface area contributed by atoms with Crippen LogP contribution in [-0.2, 0) is 47.8 Å². The van der Waals surface area contributed by atoms with Gasteiger partial charge in [0.1, 0.15) is 35.6 Å². The molecule has 85 heavy (non-hydrogen) atoms. The molecule has 0 radical (unpaired) electrons. The lowest BCUT2D eigenvalue weighted by molar-refractivity contribution is -0.00877. The molecule has 1 N–H and O–H groups in total. The topological polar surface area (TPSA) is 153 Å². The average Bonchev–Trinajstić information content (AvgIpc) is 3.69. The van der Waals surface area contributed by atoms with E-state index in [1.807, 2.05) is 79.6 Å². The molecule has 12 rings (SSSR count). The summed E-state index contributed by atoms with van der Waals surface area (Å²) in [4.78, 5) is 33.5. The van der Waals surface area contributed by atoms with E-state index in [0.29, 0.717) is 46.4 Å². The highest BCUT2D eigenvalue weighted by Gasteiger charge is 2.27. The first-order chi connectivity index (χ1) is 41.5. The summed E-state index contributed by atoms with van der Waals surface area (Å²) in [6.07, 6.45) is 32.0. The maximum atomic E-state index is 8.45. The predicted molar refractivity (Wildman–Crippen MR) is 340 cm³/mol. The van der Waals surface area contributed by atoms with Crippen molar-refractivity contribution in [3.63, 3.8) is 0 Å². The molecule has 6 fully saturated rings. The Bertz CT molecular complexity index is 2800. The van der Waals surface area contributed by atoms with Gasteiger partial charge in [0.05, 0.1) is 46.6 Å². The van der Waals surface area contributed by atoms with Crippen LogP contribution < -0.4 is 28.9 Å². The minimum absolute atomic E-state index is 0.0648. The van der Waals surface area contributed by atoms with Crippen LogP contribution in [0.25, 0.3) is 0 Å². The standard InChI is InChI=1S/2C22H28ClN3O2.C18H21Cl2N3O.C4H8O/c2*1-2-16-13-24-22(25-14-16)26-10-8-19(9-11-26)28-21-7-6-17(12-20(21)23)15-27-18-4-3-5-18;1-2-13-11-21-18(22-12-13)23-7-5-15(6-8-23)24-17-4-3-14(10-19)9-16(17)20;5-4-2-1-3-4/h2*6-7,12-14,18-19H,2-5,8-11,15H2,1H3;3-4,9,11-12,15H,2,5-8,10H2,1H3;4-5H,1-3H2. The number of ether oxygens (including phenoxy) is 5. The van der Waals surface area contributed by atoms with E-state index in [0.717, 1.165) is 178 Å². The first-order valence-electron chi connectivity index (χ1n) is 31.0. The highest BCUT2D eigenvalue weighted by molar-refractivity contribution is 6.32. The van der Waals surface area contributed by atoms with Crippen molar-refractivity contribution in [2.75, 3.05) is 54.0 Å². The third-order valence-corrected chi connectivity index (χ3v) is 17.8. The van der Waals surface area contributed by atoms with Gasteiger partial charge in [0.25, 0.3) is 0 Å². The van der Waals surface area contributed by atoms with Crippen molar-refractivity contribution in [1.29, 1.82) is 0 Å². The van der Waals surface area contributed by atoms with Crippen molar-refractivity contribution in [1.82, 2.24) is 29.9 Å². The first-order valence-corrected chi connectivity index (χ1v) is 32.7. The summed E-state index contributed by atoms with van der Waals surface area (Å²) in [6.45, 7) is 12.9. The van der Waals surface area contributed by atoms with Gasteiger partial charge >= 0.3 is 0 Å². The van der Waals surface area contributed by atoms with E-state index >= 15 is 0 Å². The van der Waals surface area contributed by atoms with Crippen molar-refractivity contribution in [3.8, 4) is 17.2 Å². The maximum Gasteiger partial charge on any atom is 0.225 e. The predicted octanol–water partition coefficient (Wildman–Crippen LogP) is 14.6. The van der Waals surface area contributed by atoms with Crippen molar-refractivity contribution in [2.45, 2.75) is 192 Å². The summed E-state index contributed by atoms with van der Waals surface area (Å²) in [5, 5.41) is 10.4. The Kier molecular flexibility index (Phi) is 25.1. The number of aliphatic hydroxyl groups is 1. The molecule has 0 unspecified atom stereocenters. The molecular formula is C66H85Cl4N9O6. The van der Waals surface area contributed by atoms with Gasteiger partial charge in [-0.3, -0.25) is 0 Å². The van der Waals surface area contributed by atoms with Gasteiger partial charge in [-0.1, -0.05) is 73.8 Å². The van der Waals surface area contributed by atoms with E-state index in [1.165, 1.54) is 44.9 Å². The fourth-order valence-corrected chi connectivity index (χ4v) is 11.1. The molecule has 3 saturated heterocycles. The van der Waals surface area contributed by atoms with Crippen molar-refractivity contribution >= 4 is 64.2 Å². The number of hydrogen-bond acceptors (Lipinski definition) is 15. The average molecular weight is 1240 g/mol. The summed E-state index contributed by atoms with van der Waals surface area (Å²) in [6, 6.07) is 17.7. The lowest BCUT2D eigenvalue weighted by atomic mass is 9.96. The van der Waals surface area contributed by atoms with Crippen LogP contribution in [0.15, 0.2) is 91.8 Å². The number of alkyl halides is 1. The van der Waals surface area contributed by atoms with Gasteiger partial charge in [-0.2, -0.15) is 0 Å². The van der Waals surface area contributed by atoms with E-state index in [9.17, 15) is 0 Å². The Morgan fingerprint density at radius 1 is 0.400 bits per heavy atom. The van der Waals surface area contributed by atoms with Crippen LogP contribution >= 0.6 is 46.4 Å². The number of rotatable bonds is 19. The number of aliphatic hydroxyl groups excluding tert-OH is 1. The van der Waals surface area contributed by atoms with Gasteiger partial charge in [-0.05, 0) is 147 Å². The number of aryl methyl sites for hydroxylation is 3. The number of piperidine rings is 3. The maximum absolute atomic E-state index is 8.45. The third kappa shape index (κ3) is 19.6. The lowest BCUT2D eigenvalue weighted by Gasteiger charge is -2.32. The van der Waals surface area contributed by atoms with Crippen LogP contribution in [-0.4, -0.2) is 111 Å². The quantitative estimate of drug-likeness (QED) is 0.0765. The van der Waals surface area contributed by atoms with Gasteiger partial charge in [0.2, 0.25) is 17.8 Å². The smallest absolute Gasteiger partial charge is 0.225 e. The summed E-state index contributed by atoms with van der Waals surface area (Å²) < 4.78 is 30.1. The lowest BCUT2D eigenvalue weighted by Crippen LogP contribution is -2.39. The third-order valence-electron chi connectivity index (χ3n) is 16.6. The van der Waals surface area contributed by atoms with E-state index < -0.39 is 0 Å². The summed E-state index contributed by atoms with van der Waals surface area (Å²) in [7, 11) is 0. The van der Waals surface area contributed by atoms with Crippen molar-refractivity contribution in [2.24, 2.45) is 0 Å². The first kappa shape index (κ1) is 64.2. The SMILES string of the molecule is CCc1cnc(N2CCC(Oc3ccc(CCl)cc3Cl)CC2)nc1.CCc1cnc(N2CCC(Oc3ccc(COC4CCC4)cc3Cl)CC2)nc1.CCc1cnc(N2CCC(Oc3ccc(COC4CCC4)cc3Cl)CC2)nc1.OC1CCC1. The Hall–Kier alpha value is -5.26. The molecule has 0 atom stereocenters. The monoisotopic (exact) mass is 1240 g/mol. The number of hydrogen-bond donors (Lipinski definition) is 1. The second kappa shape index (κ2) is 33.2. The molecule has 6 heterocycles. The van der Waals surface area contributed by atoms with Crippen LogP contribution in [0.1, 0.15) is 150 Å². The summed E-state index contributed by atoms with van der Waals surface area (Å²) in [5.41, 5.74) is 6.69. The van der Waals surface area contributed by atoms with Crippen LogP contribution in [0.2, 0.25) is 15.1 Å². The molecule has 0 amide bonds. The van der Waals surface area contributed by atoms with Crippen LogP contribution in [0.4, 0.5) is 17.8 Å². The van der Waals surface area contributed by atoms with Crippen LogP contribution in [0.5, 0.6) is 17.2 Å². The molecule has 458 valence electrons. The highest BCUT2D eigenvalue weighted by Crippen LogP contribution is 2.34. The molecule has 3 saturated carbocycles. The van der Waals surface area contributed by atoms with Gasteiger partial charge < -0.3 is 43.5 Å². The van der Waals surface area contributed by atoms with Gasteiger partial charge in [0, 0.05) is 121 Å². The Morgan fingerprint density at radius 3 is 0.918 bits per heavy atom. The number of anilines is 3. The number of nitrogens with zero attached hydrogens (tertiary/aromatic N) is 9. The van der Waals surface area contributed by atoms with Gasteiger partial charge in [-0.25, -0.2) is 29.9 Å². The molecule has 19 heteroatoms. The Morgan fingerprint density at radius 2 is 0.682 bits per heavy atom. The van der Waals surface area contributed by atoms with Crippen molar-refractivity contribution < 1.29 is 28.8 Å². The summed E-state index contributed by atoms with van der Waals surface area (Å²) in [5.74, 6) is 5.12. The Balaban J connectivity index is 0.000000147. The number of aromatic nitrogens is 6. The van der Waals surface area contributed by atoms with Crippen LogP contribution in [0.3, 0.4) is 0 Å². The molecule has 6 aliphatic rings. The molecule has 6 aromatic rings. The van der Waals surface area contributed by atoms with E-state index in [2.05, 4.69) is 77.5 Å². The fourth-order valence-electron chi connectivity index (χ4n) is 10.2. The second-order valence-electron chi connectivity index (χ2n) is 22.9. The normalized spacial score (nSPS) is 17.9. The molecule has 0 spiro atoms. The van der Waals surface area contributed by atoms with E-state index in [4.69, 9.17) is 75.2 Å². The summed E-state index contributed by atoms with van der Waals surface area (Å²) >= 11 is 25.0. The number of benzene rings is 3. The molecule has 3 aromatic carbocycles. The molecule has 3 aliphatic heterocycles. The molecule has 3 aliphatic carbocycles. The zero-order valence-electron chi connectivity index (χ0n) is 49.7. The highest BCUT2D eigenvalue weighted by atomic mass is 35.5. The fraction of sp³-hybridized carbons (Fsp3) is 0.545. The van der Waals surface area contributed by atoms with Crippen LogP contribution in [0, 0.1) is 0 Å². The van der Waals surface area contributed by atoms with Crippen molar-refractivity contribution in [3.05, 3.63) is 140 Å². The Labute approximate surface area is 523 Å². The minimum Gasteiger partial charge on any atom is -0.489 e. The molecule has 15 nitrogen and oxygen atoms in total. The zero-order chi connectivity index (χ0) is 59.3. The molecular weight excluding hydrogens is 1160 g/mol. The minimum atomic E-state index is 0.0648. The van der Waals surface area contributed by atoms with Gasteiger partial charge in [-0.15, -0.1) is 11.6 Å². The second-order valence-corrected chi connectivity index (χ2v) is 24.4. The van der Waals surface area contributed by atoms with E-state index in [1.54, 1.807) is 0 Å².